The normalized spacial score (nSPS) is 17.5. The first kappa shape index (κ1) is 19.6. The molecule has 0 spiro atoms. The van der Waals surface area contributed by atoms with Crippen LogP contribution in [0.1, 0.15) is 37.6 Å². The standard InChI is InChI=1S/C24H30N4O/c1-3-7-18-11-13-20(14-12-18)25-24(29)19-8-6-15-28(16-19)17-23-26-21-9-4-5-10-22(21)27(23)2/h4-5,9-14,19H,3,6-8,15-17H2,1-2H3,(H,25,29)/t19-/m0/s1. The number of anilines is 1. The smallest absolute Gasteiger partial charge is 0.228 e. The van der Waals surface area contributed by atoms with Gasteiger partial charge in [0.25, 0.3) is 0 Å². The summed E-state index contributed by atoms with van der Waals surface area (Å²) in [6, 6.07) is 16.5. The van der Waals surface area contributed by atoms with E-state index in [0.717, 1.165) is 67.9 Å². The molecule has 0 bridgehead atoms. The fourth-order valence-corrected chi connectivity index (χ4v) is 4.24. The highest BCUT2D eigenvalue weighted by atomic mass is 16.1. The first-order chi connectivity index (χ1) is 14.1. The minimum atomic E-state index is 0.0220. The van der Waals surface area contributed by atoms with E-state index in [1.165, 1.54) is 5.56 Å². The molecule has 1 atom stereocenters. The van der Waals surface area contributed by atoms with Crippen molar-refractivity contribution in [3.8, 4) is 0 Å². The number of amides is 1. The summed E-state index contributed by atoms with van der Waals surface area (Å²) >= 11 is 0. The van der Waals surface area contributed by atoms with Crippen LogP contribution >= 0.6 is 0 Å². The third-order valence-corrected chi connectivity index (χ3v) is 5.88. The molecule has 152 valence electrons. The summed E-state index contributed by atoms with van der Waals surface area (Å²) in [7, 11) is 2.07. The fraction of sp³-hybridized carbons (Fsp3) is 0.417. The van der Waals surface area contributed by atoms with Gasteiger partial charge >= 0.3 is 0 Å². The molecule has 1 saturated heterocycles. The Hall–Kier alpha value is -2.66. The predicted octanol–water partition coefficient (Wildman–Crippen LogP) is 4.38. The Morgan fingerprint density at radius 2 is 1.97 bits per heavy atom. The quantitative estimate of drug-likeness (QED) is 0.680. The molecule has 0 unspecified atom stereocenters. The Labute approximate surface area is 172 Å². The molecule has 1 amide bonds. The van der Waals surface area contributed by atoms with E-state index < -0.39 is 0 Å². The van der Waals surface area contributed by atoms with E-state index in [2.05, 4.69) is 53.0 Å². The lowest BCUT2D eigenvalue weighted by Crippen LogP contribution is -2.40. The molecule has 1 aliphatic rings. The molecule has 1 aromatic heterocycles. The number of hydrogen-bond donors (Lipinski definition) is 1. The van der Waals surface area contributed by atoms with Gasteiger partial charge in [0.1, 0.15) is 5.82 Å². The van der Waals surface area contributed by atoms with E-state index in [0.29, 0.717) is 0 Å². The van der Waals surface area contributed by atoms with Crippen molar-refractivity contribution in [1.82, 2.24) is 14.5 Å². The Morgan fingerprint density at radius 1 is 1.17 bits per heavy atom. The molecular formula is C24H30N4O. The van der Waals surface area contributed by atoms with Crippen molar-refractivity contribution < 1.29 is 4.79 Å². The van der Waals surface area contributed by atoms with E-state index in [9.17, 15) is 4.79 Å². The second kappa shape index (κ2) is 8.78. The maximum atomic E-state index is 12.8. The molecule has 5 nitrogen and oxygen atoms in total. The molecule has 1 fully saturated rings. The van der Waals surface area contributed by atoms with Crippen LogP contribution in [0.4, 0.5) is 5.69 Å². The monoisotopic (exact) mass is 390 g/mol. The molecule has 29 heavy (non-hydrogen) atoms. The number of nitrogens with one attached hydrogen (secondary N) is 1. The SMILES string of the molecule is CCCc1ccc(NC(=O)[C@H]2CCCN(Cc3nc4ccccc4n3C)C2)cc1. The van der Waals surface area contributed by atoms with Crippen molar-refractivity contribution in [2.75, 3.05) is 18.4 Å². The molecule has 0 saturated carbocycles. The average molecular weight is 391 g/mol. The number of para-hydroxylation sites is 2. The number of hydrogen-bond acceptors (Lipinski definition) is 3. The second-order valence-corrected chi connectivity index (χ2v) is 8.09. The first-order valence-corrected chi connectivity index (χ1v) is 10.7. The van der Waals surface area contributed by atoms with Crippen LogP contribution in [0, 0.1) is 5.92 Å². The third kappa shape index (κ3) is 4.51. The van der Waals surface area contributed by atoms with E-state index >= 15 is 0 Å². The van der Waals surface area contributed by atoms with E-state index in [1.54, 1.807) is 0 Å². The second-order valence-electron chi connectivity index (χ2n) is 8.09. The Bertz CT molecular complexity index is 976. The molecule has 1 N–H and O–H groups in total. The van der Waals surface area contributed by atoms with Gasteiger partial charge in [-0.25, -0.2) is 4.98 Å². The number of rotatable bonds is 6. The Kier molecular flexibility index (Phi) is 5.95. The van der Waals surface area contributed by atoms with Crippen LogP contribution in [0.3, 0.4) is 0 Å². The van der Waals surface area contributed by atoms with Gasteiger partial charge in [-0.2, -0.15) is 0 Å². The van der Waals surface area contributed by atoms with Gasteiger partial charge in [-0.05, 0) is 55.6 Å². The zero-order chi connectivity index (χ0) is 20.2. The van der Waals surface area contributed by atoms with Crippen molar-refractivity contribution in [1.29, 1.82) is 0 Å². The highest BCUT2D eigenvalue weighted by molar-refractivity contribution is 5.92. The summed E-state index contributed by atoms with van der Waals surface area (Å²) in [6.45, 7) is 4.75. The van der Waals surface area contributed by atoms with Gasteiger partial charge in [0.15, 0.2) is 0 Å². The van der Waals surface area contributed by atoms with Crippen molar-refractivity contribution in [3.63, 3.8) is 0 Å². The van der Waals surface area contributed by atoms with Crippen LogP contribution in [0.25, 0.3) is 11.0 Å². The van der Waals surface area contributed by atoms with Gasteiger partial charge in [-0.1, -0.05) is 37.6 Å². The highest BCUT2D eigenvalue weighted by Gasteiger charge is 2.26. The Morgan fingerprint density at radius 3 is 2.72 bits per heavy atom. The zero-order valence-corrected chi connectivity index (χ0v) is 17.4. The molecular weight excluding hydrogens is 360 g/mol. The van der Waals surface area contributed by atoms with Crippen LogP contribution in [0.15, 0.2) is 48.5 Å². The molecule has 2 aromatic carbocycles. The number of imidazole rings is 1. The van der Waals surface area contributed by atoms with E-state index in [4.69, 9.17) is 4.98 Å². The van der Waals surface area contributed by atoms with Gasteiger partial charge in [-0.15, -0.1) is 0 Å². The van der Waals surface area contributed by atoms with Gasteiger partial charge < -0.3 is 9.88 Å². The molecule has 2 heterocycles. The summed E-state index contributed by atoms with van der Waals surface area (Å²) in [5.74, 6) is 1.20. The van der Waals surface area contributed by atoms with Gasteiger partial charge in [0, 0.05) is 19.3 Å². The number of likely N-dealkylation sites (tertiary alicyclic amines) is 1. The lowest BCUT2D eigenvalue weighted by Gasteiger charge is -2.31. The van der Waals surface area contributed by atoms with Crippen molar-refractivity contribution in [2.24, 2.45) is 13.0 Å². The largest absolute Gasteiger partial charge is 0.330 e. The summed E-state index contributed by atoms with van der Waals surface area (Å²) in [6.07, 6.45) is 4.19. The molecule has 4 rings (SSSR count). The summed E-state index contributed by atoms with van der Waals surface area (Å²) in [5, 5.41) is 3.11. The minimum Gasteiger partial charge on any atom is -0.330 e. The van der Waals surface area contributed by atoms with Crippen LogP contribution in [0.5, 0.6) is 0 Å². The van der Waals surface area contributed by atoms with Crippen LogP contribution in [0.2, 0.25) is 0 Å². The topological polar surface area (TPSA) is 50.2 Å². The maximum absolute atomic E-state index is 12.8. The maximum Gasteiger partial charge on any atom is 0.228 e. The van der Waals surface area contributed by atoms with E-state index in [1.807, 2.05) is 24.3 Å². The molecule has 3 aromatic rings. The molecule has 0 aliphatic carbocycles. The van der Waals surface area contributed by atoms with Crippen LogP contribution in [-0.2, 0) is 24.8 Å². The number of carbonyl (C=O) groups excluding carboxylic acids is 1. The number of aromatic nitrogens is 2. The number of benzene rings is 2. The fourth-order valence-electron chi connectivity index (χ4n) is 4.24. The highest BCUT2D eigenvalue weighted by Crippen LogP contribution is 2.22. The number of fused-ring (bicyclic) bond motifs is 1. The van der Waals surface area contributed by atoms with Gasteiger partial charge in [-0.3, -0.25) is 9.69 Å². The zero-order valence-electron chi connectivity index (χ0n) is 17.4. The summed E-state index contributed by atoms with van der Waals surface area (Å²) in [5.41, 5.74) is 4.39. The number of piperidine rings is 1. The van der Waals surface area contributed by atoms with Crippen molar-refractivity contribution >= 4 is 22.6 Å². The number of aryl methyl sites for hydroxylation is 2. The number of carbonyl (C=O) groups is 1. The first-order valence-electron chi connectivity index (χ1n) is 10.7. The van der Waals surface area contributed by atoms with E-state index in [-0.39, 0.29) is 11.8 Å². The van der Waals surface area contributed by atoms with Gasteiger partial charge in [0.05, 0.1) is 23.5 Å². The van der Waals surface area contributed by atoms with Crippen molar-refractivity contribution in [3.05, 3.63) is 59.9 Å². The lowest BCUT2D eigenvalue weighted by molar-refractivity contribution is -0.121. The van der Waals surface area contributed by atoms with Crippen LogP contribution < -0.4 is 5.32 Å². The van der Waals surface area contributed by atoms with Gasteiger partial charge in [0.2, 0.25) is 5.91 Å². The third-order valence-electron chi connectivity index (χ3n) is 5.88. The Balaban J connectivity index is 1.38. The van der Waals surface area contributed by atoms with Crippen LogP contribution in [-0.4, -0.2) is 33.4 Å². The lowest BCUT2D eigenvalue weighted by atomic mass is 9.97. The summed E-state index contributed by atoms with van der Waals surface area (Å²) in [4.78, 5) is 20.0. The average Bonchev–Trinajstić information content (AvgIpc) is 3.05. The molecule has 0 radical (unpaired) electrons. The summed E-state index contributed by atoms with van der Waals surface area (Å²) < 4.78 is 2.16. The minimum absolute atomic E-state index is 0.0220. The predicted molar refractivity (Wildman–Crippen MR) is 118 cm³/mol. The number of nitrogens with zero attached hydrogens (tertiary/aromatic N) is 3. The molecule has 1 aliphatic heterocycles. The van der Waals surface area contributed by atoms with Crippen molar-refractivity contribution in [2.45, 2.75) is 39.2 Å². The molecule has 5 heteroatoms.